The number of hydrogen-bond acceptors (Lipinski definition) is 3. The number of nitrogens with zero attached hydrogens (tertiary/aromatic N) is 1. The van der Waals surface area contributed by atoms with Gasteiger partial charge in [-0.25, -0.2) is 4.98 Å². The second-order valence-corrected chi connectivity index (χ2v) is 5.80. The molecular weight excluding hydrogens is 228 g/mol. The van der Waals surface area contributed by atoms with Crippen molar-refractivity contribution in [1.29, 1.82) is 0 Å². The quantitative estimate of drug-likeness (QED) is 0.875. The molecule has 17 heavy (non-hydrogen) atoms. The molecule has 90 valence electrons. The van der Waals surface area contributed by atoms with Crippen LogP contribution in [-0.4, -0.2) is 4.98 Å². The summed E-state index contributed by atoms with van der Waals surface area (Å²) in [4.78, 5) is 5.52. The Morgan fingerprint density at radius 1 is 1.24 bits per heavy atom. The Hall–Kier alpha value is -1.35. The van der Waals surface area contributed by atoms with Gasteiger partial charge in [0.2, 0.25) is 0 Å². The van der Waals surface area contributed by atoms with Gasteiger partial charge in [0.15, 0.2) is 0 Å². The molecule has 0 bridgehead atoms. The number of hydrogen-bond donors (Lipinski definition) is 1. The Balaban J connectivity index is 1.95. The number of benzene rings is 1. The Morgan fingerprint density at radius 2 is 1.94 bits per heavy atom. The van der Waals surface area contributed by atoms with Crippen molar-refractivity contribution in [2.75, 3.05) is 5.32 Å². The van der Waals surface area contributed by atoms with Gasteiger partial charge in [0.25, 0.3) is 0 Å². The van der Waals surface area contributed by atoms with Crippen LogP contribution in [-0.2, 0) is 6.54 Å². The number of aromatic nitrogens is 1. The van der Waals surface area contributed by atoms with Crippen LogP contribution < -0.4 is 5.32 Å². The predicted octanol–water partition coefficient (Wildman–Crippen LogP) is 4.19. The first kappa shape index (κ1) is 12.1. The van der Waals surface area contributed by atoms with Crippen LogP contribution in [0, 0.1) is 6.92 Å². The second-order valence-electron chi connectivity index (χ2n) is 4.48. The van der Waals surface area contributed by atoms with Crippen LogP contribution in [0.3, 0.4) is 0 Å². The Labute approximate surface area is 107 Å². The summed E-state index contributed by atoms with van der Waals surface area (Å²) >= 11 is 1.74. The van der Waals surface area contributed by atoms with Crippen molar-refractivity contribution in [3.05, 3.63) is 45.9 Å². The minimum Gasteiger partial charge on any atom is -0.380 e. The van der Waals surface area contributed by atoms with E-state index in [9.17, 15) is 0 Å². The van der Waals surface area contributed by atoms with Gasteiger partial charge in [0, 0.05) is 16.8 Å². The van der Waals surface area contributed by atoms with Crippen LogP contribution in [0.2, 0.25) is 0 Å². The molecule has 0 aliphatic rings. The molecule has 0 aliphatic carbocycles. The number of nitrogens with one attached hydrogen (secondary N) is 1. The van der Waals surface area contributed by atoms with Crippen LogP contribution in [0.25, 0.3) is 0 Å². The lowest BCUT2D eigenvalue weighted by Crippen LogP contribution is -1.97. The van der Waals surface area contributed by atoms with Gasteiger partial charge < -0.3 is 5.32 Å². The summed E-state index contributed by atoms with van der Waals surface area (Å²) in [6, 6.07) is 8.66. The van der Waals surface area contributed by atoms with Crippen LogP contribution in [0.5, 0.6) is 0 Å². The van der Waals surface area contributed by atoms with E-state index in [0.29, 0.717) is 5.92 Å². The average Bonchev–Trinajstić information content (AvgIpc) is 2.73. The second kappa shape index (κ2) is 5.32. The molecule has 2 nitrogen and oxygen atoms in total. The molecule has 1 aromatic carbocycles. The molecule has 0 aliphatic heterocycles. The van der Waals surface area contributed by atoms with Gasteiger partial charge in [-0.2, -0.15) is 0 Å². The van der Waals surface area contributed by atoms with Gasteiger partial charge >= 0.3 is 0 Å². The van der Waals surface area contributed by atoms with E-state index in [1.54, 1.807) is 11.3 Å². The highest BCUT2D eigenvalue weighted by Crippen LogP contribution is 2.18. The van der Waals surface area contributed by atoms with Gasteiger partial charge in [-0.15, -0.1) is 11.3 Å². The zero-order chi connectivity index (χ0) is 12.3. The SMILES string of the molecule is Cc1ncc(CNc2ccc(C(C)C)cc2)s1. The molecule has 0 unspecified atom stereocenters. The number of anilines is 1. The van der Waals surface area contributed by atoms with Crippen LogP contribution in [0.1, 0.15) is 35.2 Å². The molecule has 2 rings (SSSR count). The summed E-state index contributed by atoms with van der Waals surface area (Å²) in [5.41, 5.74) is 2.55. The topological polar surface area (TPSA) is 24.9 Å². The van der Waals surface area contributed by atoms with Crippen LogP contribution in [0.15, 0.2) is 30.5 Å². The van der Waals surface area contributed by atoms with E-state index < -0.39 is 0 Å². The molecule has 0 saturated heterocycles. The van der Waals surface area contributed by atoms with Crippen LogP contribution in [0.4, 0.5) is 5.69 Å². The number of rotatable bonds is 4. The molecule has 2 aromatic rings. The van der Waals surface area contributed by atoms with Crippen molar-refractivity contribution in [2.45, 2.75) is 33.2 Å². The Morgan fingerprint density at radius 3 is 2.47 bits per heavy atom. The van der Waals surface area contributed by atoms with Gasteiger partial charge in [-0.05, 0) is 30.5 Å². The highest BCUT2D eigenvalue weighted by atomic mass is 32.1. The first-order chi connectivity index (χ1) is 8.15. The van der Waals surface area contributed by atoms with E-state index in [-0.39, 0.29) is 0 Å². The summed E-state index contributed by atoms with van der Waals surface area (Å²) in [6.07, 6.45) is 1.94. The maximum absolute atomic E-state index is 4.24. The molecule has 1 aromatic heterocycles. The normalized spacial score (nSPS) is 10.8. The molecule has 0 atom stereocenters. The zero-order valence-electron chi connectivity index (χ0n) is 10.5. The van der Waals surface area contributed by atoms with Gasteiger partial charge in [-0.3, -0.25) is 0 Å². The predicted molar refractivity (Wildman–Crippen MR) is 74.7 cm³/mol. The van der Waals surface area contributed by atoms with Crippen molar-refractivity contribution in [3.8, 4) is 0 Å². The largest absolute Gasteiger partial charge is 0.380 e. The minimum atomic E-state index is 0.591. The highest BCUT2D eigenvalue weighted by Gasteiger charge is 2.00. The van der Waals surface area contributed by atoms with Gasteiger partial charge in [0.1, 0.15) is 0 Å². The molecular formula is C14H18N2S. The molecule has 1 heterocycles. The number of aryl methyl sites for hydroxylation is 1. The smallest absolute Gasteiger partial charge is 0.0897 e. The maximum Gasteiger partial charge on any atom is 0.0897 e. The third-order valence-corrected chi connectivity index (χ3v) is 3.63. The van der Waals surface area contributed by atoms with E-state index in [1.807, 2.05) is 13.1 Å². The van der Waals surface area contributed by atoms with Crippen molar-refractivity contribution in [1.82, 2.24) is 4.98 Å². The van der Waals surface area contributed by atoms with E-state index >= 15 is 0 Å². The third kappa shape index (κ3) is 3.30. The summed E-state index contributed by atoms with van der Waals surface area (Å²) in [5, 5.41) is 4.53. The minimum absolute atomic E-state index is 0.591. The van der Waals surface area contributed by atoms with Crippen molar-refractivity contribution in [2.24, 2.45) is 0 Å². The lowest BCUT2D eigenvalue weighted by atomic mass is 10.0. The van der Waals surface area contributed by atoms with Crippen molar-refractivity contribution >= 4 is 17.0 Å². The van der Waals surface area contributed by atoms with E-state index in [0.717, 1.165) is 11.6 Å². The average molecular weight is 246 g/mol. The summed E-state index contributed by atoms with van der Waals surface area (Å²) in [5.74, 6) is 0.591. The molecule has 1 N–H and O–H groups in total. The maximum atomic E-state index is 4.24. The van der Waals surface area contributed by atoms with E-state index in [4.69, 9.17) is 0 Å². The number of thiazole rings is 1. The lowest BCUT2D eigenvalue weighted by Gasteiger charge is -2.08. The van der Waals surface area contributed by atoms with Gasteiger partial charge in [-0.1, -0.05) is 26.0 Å². The first-order valence-electron chi connectivity index (χ1n) is 5.90. The van der Waals surface area contributed by atoms with E-state index in [2.05, 4.69) is 48.4 Å². The van der Waals surface area contributed by atoms with E-state index in [1.165, 1.54) is 16.1 Å². The third-order valence-electron chi connectivity index (χ3n) is 2.71. The molecule has 0 radical (unpaired) electrons. The molecule has 0 spiro atoms. The lowest BCUT2D eigenvalue weighted by molar-refractivity contribution is 0.867. The fourth-order valence-corrected chi connectivity index (χ4v) is 2.40. The molecule has 0 fully saturated rings. The van der Waals surface area contributed by atoms with Crippen molar-refractivity contribution < 1.29 is 0 Å². The van der Waals surface area contributed by atoms with Crippen molar-refractivity contribution in [3.63, 3.8) is 0 Å². The van der Waals surface area contributed by atoms with Crippen LogP contribution >= 0.6 is 11.3 Å². The Bertz CT molecular complexity index is 471. The summed E-state index contributed by atoms with van der Waals surface area (Å²) in [6.45, 7) is 7.31. The molecule has 3 heteroatoms. The summed E-state index contributed by atoms with van der Waals surface area (Å²) in [7, 11) is 0. The Kier molecular flexibility index (Phi) is 3.79. The first-order valence-corrected chi connectivity index (χ1v) is 6.72. The monoisotopic (exact) mass is 246 g/mol. The highest BCUT2D eigenvalue weighted by molar-refractivity contribution is 7.11. The molecule has 0 saturated carbocycles. The summed E-state index contributed by atoms with van der Waals surface area (Å²) < 4.78 is 0. The fourth-order valence-electron chi connectivity index (χ4n) is 1.66. The standard InChI is InChI=1S/C14H18N2S/c1-10(2)12-4-6-13(7-5-12)16-9-14-8-15-11(3)17-14/h4-8,10,16H,9H2,1-3H3. The molecule has 0 amide bonds. The van der Waals surface area contributed by atoms with Gasteiger partial charge in [0.05, 0.1) is 11.6 Å². The fraction of sp³-hybridized carbons (Fsp3) is 0.357. The zero-order valence-corrected chi connectivity index (χ0v) is 11.3.